The molecule has 3 heterocycles. The summed E-state index contributed by atoms with van der Waals surface area (Å²) in [7, 11) is 0. The van der Waals surface area contributed by atoms with Crippen LogP contribution >= 0.6 is 22.7 Å². The standard InChI is InChI=1S/C20H18N4O3S2/c1-9-5-7-13(8-6-9)15-14(16(25)18-10(2)21-11(3)28-18)17(26)19(27)24(15)20-23-22-12(4)29-20/h5-8,15,26H,1-4H3. The highest BCUT2D eigenvalue weighted by atomic mass is 32.1. The number of aryl methyl sites for hydroxylation is 4. The Labute approximate surface area is 175 Å². The van der Waals surface area contributed by atoms with Crippen LogP contribution in [-0.4, -0.2) is 32.0 Å². The van der Waals surface area contributed by atoms with E-state index in [-0.39, 0.29) is 5.57 Å². The van der Waals surface area contributed by atoms with Crippen molar-refractivity contribution in [1.82, 2.24) is 15.2 Å². The van der Waals surface area contributed by atoms with Crippen LogP contribution in [0.25, 0.3) is 0 Å². The minimum Gasteiger partial charge on any atom is -0.503 e. The van der Waals surface area contributed by atoms with Crippen molar-refractivity contribution >= 4 is 39.5 Å². The van der Waals surface area contributed by atoms with Crippen LogP contribution in [0, 0.1) is 27.7 Å². The first-order valence-corrected chi connectivity index (χ1v) is 10.5. The quantitative estimate of drug-likeness (QED) is 0.633. The lowest BCUT2D eigenvalue weighted by Crippen LogP contribution is -2.31. The van der Waals surface area contributed by atoms with Gasteiger partial charge in [0.2, 0.25) is 10.9 Å². The molecule has 7 nitrogen and oxygen atoms in total. The summed E-state index contributed by atoms with van der Waals surface area (Å²) < 4.78 is 0. The van der Waals surface area contributed by atoms with Crippen LogP contribution in [0.3, 0.4) is 0 Å². The number of nitrogens with zero attached hydrogens (tertiary/aromatic N) is 4. The van der Waals surface area contributed by atoms with Gasteiger partial charge in [0.15, 0.2) is 5.76 Å². The lowest BCUT2D eigenvalue weighted by atomic mass is 9.94. The number of anilines is 1. The van der Waals surface area contributed by atoms with Crippen LogP contribution < -0.4 is 4.90 Å². The Morgan fingerprint density at radius 3 is 2.28 bits per heavy atom. The van der Waals surface area contributed by atoms with E-state index < -0.39 is 23.5 Å². The summed E-state index contributed by atoms with van der Waals surface area (Å²) in [6.45, 7) is 7.30. The Morgan fingerprint density at radius 2 is 1.72 bits per heavy atom. The van der Waals surface area contributed by atoms with Gasteiger partial charge in [-0.15, -0.1) is 21.5 Å². The molecule has 1 aliphatic rings. The first-order chi connectivity index (χ1) is 13.8. The number of hydrogen-bond donors (Lipinski definition) is 1. The van der Waals surface area contributed by atoms with Crippen molar-refractivity contribution in [2.45, 2.75) is 33.7 Å². The monoisotopic (exact) mass is 426 g/mol. The molecule has 29 heavy (non-hydrogen) atoms. The van der Waals surface area contributed by atoms with Crippen molar-refractivity contribution in [2.75, 3.05) is 4.90 Å². The lowest BCUT2D eigenvalue weighted by Gasteiger charge is -2.24. The van der Waals surface area contributed by atoms with Gasteiger partial charge in [0.25, 0.3) is 5.91 Å². The van der Waals surface area contributed by atoms with E-state index in [1.807, 2.05) is 38.1 Å². The summed E-state index contributed by atoms with van der Waals surface area (Å²) in [5, 5.41) is 20.6. The molecule has 1 aromatic carbocycles. The zero-order valence-electron chi connectivity index (χ0n) is 16.3. The van der Waals surface area contributed by atoms with E-state index in [1.54, 1.807) is 13.8 Å². The third-order valence-corrected chi connectivity index (χ3v) is 6.59. The van der Waals surface area contributed by atoms with Gasteiger partial charge in [-0.05, 0) is 33.3 Å². The van der Waals surface area contributed by atoms with Gasteiger partial charge in [0.05, 0.1) is 27.2 Å². The number of ketones is 1. The maximum atomic E-state index is 13.4. The topological polar surface area (TPSA) is 96.3 Å². The summed E-state index contributed by atoms with van der Waals surface area (Å²) in [4.78, 5) is 32.5. The summed E-state index contributed by atoms with van der Waals surface area (Å²) in [6.07, 6.45) is 0. The van der Waals surface area contributed by atoms with Crippen molar-refractivity contribution in [3.63, 3.8) is 0 Å². The average molecular weight is 427 g/mol. The third kappa shape index (κ3) is 3.26. The van der Waals surface area contributed by atoms with Crippen molar-refractivity contribution < 1.29 is 14.7 Å². The molecule has 1 aliphatic heterocycles. The van der Waals surface area contributed by atoms with Gasteiger partial charge in [-0.1, -0.05) is 41.2 Å². The van der Waals surface area contributed by atoms with Crippen molar-refractivity contribution in [1.29, 1.82) is 0 Å². The number of carbonyl (C=O) groups is 2. The molecule has 3 aromatic rings. The molecule has 0 fully saturated rings. The summed E-state index contributed by atoms with van der Waals surface area (Å²) >= 11 is 2.49. The Bertz CT molecular complexity index is 1160. The number of benzene rings is 1. The van der Waals surface area contributed by atoms with E-state index in [0.717, 1.165) is 10.6 Å². The highest BCUT2D eigenvalue weighted by Gasteiger charge is 2.46. The van der Waals surface area contributed by atoms with E-state index in [4.69, 9.17) is 0 Å². The number of aromatic nitrogens is 3. The van der Waals surface area contributed by atoms with Gasteiger partial charge < -0.3 is 5.11 Å². The molecule has 0 saturated carbocycles. The predicted molar refractivity (Wildman–Crippen MR) is 112 cm³/mol. The Balaban J connectivity index is 1.89. The fourth-order valence-electron chi connectivity index (χ4n) is 3.35. The highest BCUT2D eigenvalue weighted by Crippen LogP contribution is 2.43. The molecule has 0 spiro atoms. The molecule has 1 N–H and O–H groups in total. The fourth-order valence-corrected chi connectivity index (χ4v) is 4.93. The fraction of sp³-hybridized carbons (Fsp3) is 0.250. The zero-order valence-corrected chi connectivity index (χ0v) is 17.9. The van der Waals surface area contributed by atoms with Gasteiger partial charge in [0, 0.05) is 0 Å². The van der Waals surface area contributed by atoms with Crippen LogP contribution in [0.2, 0.25) is 0 Å². The van der Waals surface area contributed by atoms with Crippen molar-refractivity contribution in [3.8, 4) is 0 Å². The van der Waals surface area contributed by atoms with Crippen LogP contribution in [0.4, 0.5) is 5.13 Å². The smallest absolute Gasteiger partial charge is 0.296 e. The number of amides is 1. The van der Waals surface area contributed by atoms with Gasteiger partial charge in [0.1, 0.15) is 5.01 Å². The molecular weight excluding hydrogens is 408 g/mol. The Kier molecular flexibility index (Phi) is 4.79. The minimum atomic E-state index is -0.787. The number of rotatable bonds is 4. The molecule has 0 radical (unpaired) electrons. The molecule has 9 heteroatoms. The van der Waals surface area contributed by atoms with Gasteiger partial charge >= 0.3 is 0 Å². The first kappa shape index (κ1) is 19.4. The maximum absolute atomic E-state index is 13.4. The number of Topliss-reactive ketones (excluding diaryl/α,β-unsaturated/α-hetero) is 1. The molecule has 148 valence electrons. The molecule has 0 saturated heterocycles. The van der Waals surface area contributed by atoms with E-state index in [0.29, 0.717) is 26.3 Å². The molecule has 1 atom stereocenters. The summed E-state index contributed by atoms with van der Waals surface area (Å²) in [5.74, 6) is -1.61. The molecule has 1 amide bonds. The third-order valence-electron chi connectivity index (χ3n) is 4.68. The lowest BCUT2D eigenvalue weighted by molar-refractivity contribution is -0.117. The van der Waals surface area contributed by atoms with Gasteiger partial charge in [-0.2, -0.15) is 0 Å². The highest BCUT2D eigenvalue weighted by molar-refractivity contribution is 7.15. The average Bonchev–Trinajstić information content (AvgIpc) is 3.32. The SMILES string of the molecule is Cc1ccc(C2C(C(=O)c3sc(C)nc3C)=C(O)C(=O)N2c2nnc(C)s2)cc1. The van der Waals surface area contributed by atoms with E-state index >= 15 is 0 Å². The van der Waals surface area contributed by atoms with Crippen molar-refractivity contribution in [3.05, 3.63) is 67.3 Å². The van der Waals surface area contributed by atoms with Crippen molar-refractivity contribution in [2.24, 2.45) is 0 Å². The molecule has 4 rings (SSSR count). The predicted octanol–water partition coefficient (Wildman–Crippen LogP) is 4.01. The Morgan fingerprint density at radius 1 is 1.03 bits per heavy atom. The van der Waals surface area contributed by atoms with E-state index in [1.165, 1.54) is 27.6 Å². The van der Waals surface area contributed by atoms with Crippen LogP contribution in [-0.2, 0) is 4.79 Å². The number of aliphatic hydroxyl groups excluding tert-OH is 1. The molecule has 0 aliphatic carbocycles. The normalized spacial score (nSPS) is 16.8. The van der Waals surface area contributed by atoms with Gasteiger partial charge in [-0.3, -0.25) is 14.5 Å². The second-order valence-electron chi connectivity index (χ2n) is 6.83. The molecular formula is C20H18N4O3S2. The van der Waals surface area contributed by atoms with E-state index in [9.17, 15) is 14.7 Å². The maximum Gasteiger partial charge on any atom is 0.296 e. The number of aliphatic hydroxyl groups is 1. The first-order valence-electron chi connectivity index (χ1n) is 8.90. The zero-order chi connectivity index (χ0) is 20.9. The Hall–Kier alpha value is -2.91. The second-order valence-corrected chi connectivity index (χ2v) is 9.19. The minimum absolute atomic E-state index is 0.0402. The van der Waals surface area contributed by atoms with Crippen LogP contribution in [0.1, 0.15) is 42.5 Å². The van der Waals surface area contributed by atoms with Crippen LogP contribution in [0.15, 0.2) is 35.6 Å². The number of hydrogen-bond acceptors (Lipinski definition) is 8. The summed E-state index contributed by atoms with van der Waals surface area (Å²) in [5.41, 5.74) is 2.38. The second kappa shape index (κ2) is 7.16. The molecule has 1 unspecified atom stereocenters. The molecule has 2 aromatic heterocycles. The largest absolute Gasteiger partial charge is 0.503 e. The van der Waals surface area contributed by atoms with Gasteiger partial charge in [-0.25, -0.2) is 4.98 Å². The van der Waals surface area contributed by atoms with Crippen LogP contribution in [0.5, 0.6) is 0 Å². The number of thiazole rings is 1. The summed E-state index contributed by atoms with van der Waals surface area (Å²) in [6, 6.07) is 6.73. The number of carbonyl (C=O) groups excluding carboxylic acids is 2. The molecule has 0 bridgehead atoms. The van der Waals surface area contributed by atoms with E-state index in [2.05, 4.69) is 15.2 Å².